The molecule has 202 valence electrons. The van der Waals surface area contributed by atoms with Crippen molar-refractivity contribution in [1.29, 1.82) is 0 Å². The summed E-state index contributed by atoms with van der Waals surface area (Å²) in [4.78, 5) is 42.4. The molecule has 0 spiro atoms. The molecule has 0 bridgehead atoms. The molecule has 7 nitrogen and oxygen atoms in total. The number of hydrogen-bond acceptors (Lipinski definition) is 4. The van der Waals surface area contributed by atoms with E-state index in [-0.39, 0.29) is 30.3 Å². The molecule has 37 heavy (non-hydrogen) atoms. The molecule has 0 aliphatic rings. The van der Waals surface area contributed by atoms with Gasteiger partial charge in [-0.1, -0.05) is 61.5 Å². The van der Waals surface area contributed by atoms with E-state index in [2.05, 4.69) is 10.6 Å². The van der Waals surface area contributed by atoms with Crippen LogP contribution in [0.25, 0.3) is 0 Å². The van der Waals surface area contributed by atoms with Gasteiger partial charge in [-0.15, -0.1) is 0 Å². The fourth-order valence-electron chi connectivity index (χ4n) is 4.15. The molecule has 2 rings (SSSR count). The number of nitrogens with one attached hydrogen (secondary N) is 2. The van der Waals surface area contributed by atoms with Crippen molar-refractivity contribution < 1.29 is 19.1 Å². The number of carbonyl (C=O) groups is 3. The minimum Gasteiger partial charge on any atom is -0.444 e. The van der Waals surface area contributed by atoms with Crippen molar-refractivity contribution >= 4 is 17.9 Å². The van der Waals surface area contributed by atoms with Crippen LogP contribution in [0.15, 0.2) is 54.6 Å². The Labute approximate surface area is 222 Å². The molecule has 0 radical (unpaired) electrons. The fourth-order valence-corrected chi connectivity index (χ4v) is 4.15. The fraction of sp³-hybridized carbons (Fsp3) is 0.500. The summed E-state index contributed by atoms with van der Waals surface area (Å²) < 4.78 is 5.49. The Morgan fingerprint density at radius 2 is 1.51 bits per heavy atom. The predicted molar refractivity (Wildman–Crippen MR) is 147 cm³/mol. The van der Waals surface area contributed by atoms with E-state index < -0.39 is 23.8 Å². The Hall–Kier alpha value is -3.35. The zero-order valence-corrected chi connectivity index (χ0v) is 23.5. The Bertz CT molecular complexity index is 1050. The lowest BCUT2D eigenvalue weighted by Crippen LogP contribution is -2.56. The van der Waals surface area contributed by atoms with Gasteiger partial charge in [0.15, 0.2) is 0 Å². The standard InChI is InChI=1S/C30H43N3O4/c1-9-22(5)33(26(27(34)31-20(2)3)24-18-14-13-15-21(24)4)28(35)25(19-23-16-11-10-12-17-23)32-29(36)37-30(6,7)8/h10-18,20,22,25-26H,9,19H2,1-8H3,(H,31,34)(H,32,36). The van der Waals surface area contributed by atoms with Gasteiger partial charge in [-0.05, 0) is 71.6 Å². The molecule has 7 heteroatoms. The Kier molecular flexibility index (Phi) is 10.7. The van der Waals surface area contributed by atoms with Crippen LogP contribution in [0.1, 0.15) is 77.6 Å². The molecule has 3 atom stereocenters. The second-order valence-corrected chi connectivity index (χ2v) is 10.8. The van der Waals surface area contributed by atoms with Crippen molar-refractivity contribution in [3.63, 3.8) is 0 Å². The van der Waals surface area contributed by atoms with Crippen LogP contribution in [0.5, 0.6) is 0 Å². The number of nitrogens with zero attached hydrogens (tertiary/aromatic N) is 1. The van der Waals surface area contributed by atoms with Gasteiger partial charge in [0.2, 0.25) is 11.8 Å². The summed E-state index contributed by atoms with van der Waals surface area (Å²) in [5.41, 5.74) is 1.83. The first-order valence-corrected chi connectivity index (χ1v) is 13.1. The van der Waals surface area contributed by atoms with Crippen LogP contribution in [-0.4, -0.2) is 46.5 Å². The Morgan fingerprint density at radius 1 is 0.919 bits per heavy atom. The normalized spacial score (nSPS) is 13.9. The number of hydrogen-bond donors (Lipinski definition) is 2. The SMILES string of the molecule is CCC(C)N(C(=O)C(Cc1ccccc1)NC(=O)OC(C)(C)C)C(C(=O)NC(C)C)c1ccccc1C. The lowest BCUT2D eigenvalue weighted by molar-refractivity contribution is -0.145. The molecule has 0 saturated carbocycles. The maximum absolute atomic E-state index is 14.3. The van der Waals surface area contributed by atoms with E-state index >= 15 is 0 Å². The average molecular weight is 510 g/mol. The molecular weight excluding hydrogens is 466 g/mol. The highest BCUT2D eigenvalue weighted by atomic mass is 16.6. The van der Waals surface area contributed by atoms with E-state index in [1.165, 1.54) is 0 Å². The highest BCUT2D eigenvalue weighted by molar-refractivity contribution is 5.92. The maximum atomic E-state index is 14.3. The van der Waals surface area contributed by atoms with E-state index in [1.54, 1.807) is 25.7 Å². The second kappa shape index (κ2) is 13.3. The van der Waals surface area contributed by atoms with Gasteiger partial charge in [0.25, 0.3) is 0 Å². The van der Waals surface area contributed by atoms with Gasteiger partial charge >= 0.3 is 6.09 Å². The average Bonchev–Trinajstić information content (AvgIpc) is 2.81. The van der Waals surface area contributed by atoms with Crippen LogP contribution in [0.3, 0.4) is 0 Å². The number of ether oxygens (including phenoxy) is 1. The highest BCUT2D eigenvalue weighted by Gasteiger charge is 2.39. The largest absolute Gasteiger partial charge is 0.444 e. The molecule has 2 aromatic rings. The van der Waals surface area contributed by atoms with Gasteiger partial charge in [0.1, 0.15) is 17.7 Å². The zero-order chi connectivity index (χ0) is 27.8. The third-order valence-electron chi connectivity index (χ3n) is 6.03. The van der Waals surface area contributed by atoms with Crippen LogP contribution in [0.4, 0.5) is 4.79 Å². The third-order valence-corrected chi connectivity index (χ3v) is 6.03. The minimum atomic E-state index is -0.926. The van der Waals surface area contributed by atoms with Crippen molar-refractivity contribution in [1.82, 2.24) is 15.5 Å². The molecular formula is C30H43N3O4. The van der Waals surface area contributed by atoms with Crippen LogP contribution in [0, 0.1) is 6.92 Å². The van der Waals surface area contributed by atoms with Gasteiger partial charge < -0.3 is 20.3 Å². The summed E-state index contributed by atoms with van der Waals surface area (Å²) in [6.07, 6.45) is 0.219. The summed E-state index contributed by atoms with van der Waals surface area (Å²) in [5.74, 6) is -0.593. The first-order chi connectivity index (χ1) is 17.3. The molecule has 0 heterocycles. The lowest BCUT2D eigenvalue weighted by Gasteiger charge is -2.39. The number of benzene rings is 2. The predicted octanol–water partition coefficient (Wildman–Crippen LogP) is 5.32. The quantitative estimate of drug-likeness (QED) is 0.454. The first-order valence-electron chi connectivity index (χ1n) is 13.1. The van der Waals surface area contributed by atoms with Crippen LogP contribution >= 0.6 is 0 Å². The molecule has 3 amide bonds. The molecule has 0 saturated heterocycles. The molecule has 0 fully saturated rings. The summed E-state index contributed by atoms with van der Waals surface area (Å²) in [6, 6.07) is 15.0. The molecule has 2 aromatic carbocycles. The van der Waals surface area contributed by atoms with Crippen molar-refractivity contribution in [3.8, 4) is 0 Å². The number of rotatable bonds is 10. The van der Waals surface area contributed by atoms with Crippen LogP contribution in [-0.2, 0) is 20.7 Å². The molecule has 2 N–H and O–H groups in total. The van der Waals surface area contributed by atoms with Gasteiger partial charge in [-0.25, -0.2) is 4.79 Å². The zero-order valence-electron chi connectivity index (χ0n) is 23.5. The van der Waals surface area contributed by atoms with Crippen molar-refractivity contribution in [3.05, 3.63) is 71.3 Å². The summed E-state index contributed by atoms with van der Waals surface area (Å²) in [7, 11) is 0. The van der Waals surface area contributed by atoms with Crippen LogP contribution < -0.4 is 10.6 Å². The minimum absolute atomic E-state index is 0.104. The van der Waals surface area contributed by atoms with Crippen molar-refractivity contribution in [2.24, 2.45) is 0 Å². The van der Waals surface area contributed by atoms with Gasteiger partial charge in [0.05, 0.1) is 0 Å². The Morgan fingerprint density at radius 3 is 2.05 bits per heavy atom. The molecule has 0 aliphatic heterocycles. The Balaban J connectivity index is 2.58. The monoisotopic (exact) mass is 509 g/mol. The van der Waals surface area contributed by atoms with E-state index in [9.17, 15) is 14.4 Å². The number of alkyl carbamates (subject to hydrolysis) is 1. The summed E-state index contributed by atoms with van der Waals surface area (Å²) in [5, 5.41) is 5.80. The smallest absolute Gasteiger partial charge is 0.408 e. The van der Waals surface area contributed by atoms with Gasteiger partial charge in [-0.3, -0.25) is 9.59 Å². The lowest BCUT2D eigenvalue weighted by atomic mass is 9.95. The highest BCUT2D eigenvalue weighted by Crippen LogP contribution is 2.29. The van der Waals surface area contributed by atoms with Crippen molar-refractivity contribution in [2.45, 2.75) is 98.0 Å². The van der Waals surface area contributed by atoms with E-state index in [0.29, 0.717) is 6.42 Å². The first kappa shape index (κ1) is 29.9. The summed E-state index contributed by atoms with van der Waals surface area (Å²) in [6.45, 7) is 15.0. The molecule has 0 aromatic heterocycles. The second-order valence-electron chi connectivity index (χ2n) is 10.8. The van der Waals surface area contributed by atoms with E-state index in [1.807, 2.05) is 89.2 Å². The molecule has 3 unspecified atom stereocenters. The third kappa shape index (κ3) is 8.92. The van der Waals surface area contributed by atoms with Gasteiger partial charge in [0, 0.05) is 18.5 Å². The van der Waals surface area contributed by atoms with E-state index in [0.717, 1.165) is 16.7 Å². The summed E-state index contributed by atoms with van der Waals surface area (Å²) >= 11 is 0. The van der Waals surface area contributed by atoms with Crippen molar-refractivity contribution in [2.75, 3.05) is 0 Å². The maximum Gasteiger partial charge on any atom is 0.408 e. The van der Waals surface area contributed by atoms with E-state index in [4.69, 9.17) is 4.74 Å². The van der Waals surface area contributed by atoms with Crippen LogP contribution in [0.2, 0.25) is 0 Å². The topological polar surface area (TPSA) is 87.7 Å². The van der Waals surface area contributed by atoms with Gasteiger partial charge in [-0.2, -0.15) is 0 Å². The number of carbonyl (C=O) groups excluding carboxylic acids is 3. The molecule has 0 aliphatic carbocycles. The number of amides is 3. The number of aryl methyl sites for hydroxylation is 1.